The van der Waals surface area contributed by atoms with Crippen LogP contribution in [-0.2, 0) is 4.74 Å². The average Bonchev–Trinajstić information content (AvgIpc) is 3.34. The van der Waals surface area contributed by atoms with Gasteiger partial charge in [-0.25, -0.2) is 19.3 Å². The van der Waals surface area contributed by atoms with Crippen molar-refractivity contribution < 1.29 is 24.9 Å². The van der Waals surface area contributed by atoms with Gasteiger partial charge in [-0.05, 0) is 0 Å². The molecule has 4 heterocycles. The van der Waals surface area contributed by atoms with Crippen LogP contribution in [0.2, 0.25) is 0 Å². The summed E-state index contributed by atoms with van der Waals surface area (Å²) in [5, 5.41) is 31.8. The van der Waals surface area contributed by atoms with Crippen molar-refractivity contribution in [3.05, 3.63) is 43.5 Å². The molecule has 29 heavy (non-hydrogen) atoms. The van der Waals surface area contributed by atoms with Crippen molar-refractivity contribution >= 4 is 17.1 Å². The number of ether oxygens (including phenoxy) is 1. The van der Waals surface area contributed by atoms with E-state index in [9.17, 15) is 29.4 Å². The van der Waals surface area contributed by atoms with Gasteiger partial charge >= 0.3 is 11.4 Å². The first-order chi connectivity index (χ1) is 13.7. The Kier molecular flexibility index (Phi) is 5.41. The molecule has 1 saturated heterocycles. The van der Waals surface area contributed by atoms with E-state index in [1.54, 1.807) is 0 Å². The predicted octanol–water partition coefficient (Wildman–Crippen LogP) is -4.78. The maximum absolute atomic E-state index is 10.9. The zero-order valence-electron chi connectivity index (χ0n) is 14.4. The van der Waals surface area contributed by atoms with Crippen molar-refractivity contribution in [2.45, 2.75) is 24.5 Å². The summed E-state index contributed by atoms with van der Waals surface area (Å²) in [5.41, 5.74) is 3.32. The van der Waals surface area contributed by atoms with Gasteiger partial charge in [0.1, 0.15) is 35.8 Å². The number of aliphatic hydroxyl groups excluding tert-OH is 3. The Labute approximate surface area is 158 Å². The van der Waals surface area contributed by atoms with Crippen LogP contribution >= 0.6 is 0 Å². The fourth-order valence-corrected chi connectivity index (χ4v) is 2.57. The summed E-state index contributed by atoms with van der Waals surface area (Å²) in [6.07, 6.45) is -3.26. The second-order valence-electron chi connectivity index (χ2n) is 5.88. The highest BCUT2D eigenvalue weighted by atomic mass is 16.6. The van der Waals surface area contributed by atoms with Gasteiger partial charge in [0.25, 0.3) is 11.5 Å². The number of fused-ring (bicyclic) bond motifs is 1. The normalized spacial score (nSPS) is 23.7. The van der Waals surface area contributed by atoms with E-state index in [4.69, 9.17) is 15.6 Å². The summed E-state index contributed by atoms with van der Waals surface area (Å²) in [4.78, 5) is 55.4. The van der Waals surface area contributed by atoms with E-state index in [-0.39, 0.29) is 17.0 Å². The second-order valence-corrected chi connectivity index (χ2v) is 5.88. The lowest BCUT2D eigenvalue weighted by Gasteiger charge is -2.13. The lowest BCUT2D eigenvalue weighted by atomic mass is 10.1. The fourth-order valence-electron chi connectivity index (χ4n) is 2.57. The van der Waals surface area contributed by atoms with Gasteiger partial charge in [-0.15, -0.1) is 5.10 Å². The second kappa shape index (κ2) is 7.80. The molecule has 0 unspecified atom stereocenters. The molecular formula is C13H16N8O8. The molecule has 16 heteroatoms. The number of imidazole rings is 1. The Hall–Kier alpha value is -3.60. The molecule has 0 aliphatic carbocycles. The van der Waals surface area contributed by atoms with Crippen LogP contribution in [0.4, 0.5) is 0 Å². The number of nitrogens with zero attached hydrogens (tertiary/aromatic N) is 3. The number of nitrogens with one attached hydrogen (secondary N) is 4. The van der Waals surface area contributed by atoms with Gasteiger partial charge in [0.2, 0.25) is 5.82 Å². The number of nitrogens with two attached hydrogens (primary N) is 1. The summed E-state index contributed by atoms with van der Waals surface area (Å²) in [7, 11) is 0. The summed E-state index contributed by atoms with van der Waals surface area (Å²) >= 11 is 0. The van der Waals surface area contributed by atoms with Crippen molar-refractivity contribution in [2.75, 3.05) is 6.61 Å². The maximum atomic E-state index is 10.9. The molecule has 0 saturated carbocycles. The molecule has 156 valence electrons. The van der Waals surface area contributed by atoms with Crippen LogP contribution in [0.25, 0.3) is 11.2 Å². The number of primary amides is 1. The van der Waals surface area contributed by atoms with Gasteiger partial charge in [0.05, 0.1) is 6.61 Å². The maximum Gasteiger partial charge on any atom is 0.327 e. The van der Waals surface area contributed by atoms with Gasteiger partial charge in [-0.2, -0.15) is 0 Å². The zero-order chi connectivity index (χ0) is 21.3. The van der Waals surface area contributed by atoms with Gasteiger partial charge in [0, 0.05) is 0 Å². The highest BCUT2D eigenvalue weighted by molar-refractivity contribution is 5.88. The van der Waals surface area contributed by atoms with E-state index in [0.717, 1.165) is 11.0 Å². The van der Waals surface area contributed by atoms with E-state index in [2.05, 4.69) is 25.0 Å². The quantitative estimate of drug-likeness (QED) is 0.203. The van der Waals surface area contributed by atoms with Crippen molar-refractivity contribution in [1.82, 2.24) is 34.7 Å². The largest absolute Gasteiger partial charge is 0.394 e. The van der Waals surface area contributed by atoms with Crippen molar-refractivity contribution in [2.24, 2.45) is 5.73 Å². The summed E-state index contributed by atoms with van der Waals surface area (Å²) in [5.74, 6) is -1.03. The average molecular weight is 412 g/mol. The van der Waals surface area contributed by atoms with Crippen LogP contribution < -0.4 is 22.7 Å². The Bertz CT molecular complexity index is 1190. The van der Waals surface area contributed by atoms with E-state index in [0.29, 0.717) is 0 Å². The number of aromatic amines is 4. The Morgan fingerprint density at radius 2 is 1.79 bits per heavy atom. The monoisotopic (exact) mass is 412 g/mol. The van der Waals surface area contributed by atoms with Crippen LogP contribution in [0.15, 0.2) is 20.7 Å². The Balaban J connectivity index is 0.000000176. The molecule has 1 aliphatic rings. The molecule has 4 atom stereocenters. The minimum Gasteiger partial charge on any atom is -0.394 e. The van der Waals surface area contributed by atoms with Crippen molar-refractivity contribution in [3.8, 4) is 0 Å². The van der Waals surface area contributed by atoms with Gasteiger partial charge in [-0.1, -0.05) is 0 Å². The molecule has 0 spiro atoms. The lowest BCUT2D eigenvalue weighted by molar-refractivity contribution is -0.0588. The van der Waals surface area contributed by atoms with E-state index < -0.39 is 54.0 Å². The smallest absolute Gasteiger partial charge is 0.327 e. The number of H-pyrrole nitrogens is 4. The molecule has 0 bridgehead atoms. The van der Waals surface area contributed by atoms with E-state index >= 15 is 0 Å². The van der Waals surface area contributed by atoms with Crippen LogP contribution in [0.3, 0.4) is 0 Å². The molecule has 16 nitrogen and oxygen atoms in total. The number of hydrogen-bond donors (Lipinski definition) is 8. The molecule has 1 amide bonds. The van der Waals surface area contributed by atoms with Gasteiger partial charge in [0.15, 0.2) is 6.23 Å². The molecule has 3 aromatic rings. The number of rotatable bonds is 3. The van der Waals surface area contributed by atoms with Crippen LogP contribution in [0.1, 0.15) is 16.8 Å². The van der Waals surface area contributed by atoms with Crippen molar-refractivity contribution in [3.63, 3.8) is 0 Å². The van der Waals surface area contributed by atoms with Gasteiger partial charge < -0.3 is 25.8 Å². The number of aliphatic hydroxyl groups is 3. The highest BCUT2D eigenvalue weighted by Gasteiger charge is 2.44. The molecule has 1 aliphatic heterocycles. The zero-order valence-corrected chi connectivity index (χ0v) is 14.4. The number of hydrogen-bond acceptors (Lipinski definition) is 10. The minimum atomic E-state index is -1.27. The highest BCUT2D eigenvalue weighted by Crippen LogP contribution is 2.28. The third-order valence-electron chi connectivity index (χ3n) is 3.93. The van der Waals surface area contributed by atoms with Gasteiger partial charge in [-0.3, -0.25) is 29.5 Å². The first-order valence-corrected chi connectivity index (χ1v) is 7.99. The summed E-state index contributed by atoms with van der Waals surface area (Å²) in [6.45, 7) is -0.438. The van der Waals surface area contributed by atoms with Crippen LogP contribution in [0.5, 0.6) is 0 Å². The van der Waals surface area contributed by atoms with Crippen LogP contribution in [-0.4, -0.2) is 80.8 Å². The number of amides is 1. The third-order valence-corrected chi connectivity index (χ3v) is 3.93. The molecular weight excluding hydrogens is 396 g/mol. The fraction of sp³-hybridized carbons (Fsp3) is 0.385. The van der Waals surface area contributed by atoms with E-state index in [1.165, 1.54) is 0 Å². The number of carbonyl (C=O) groups is 1. The molecule has 3 aromatic heterocycles. The first-order valence-electron chi connectivity index (χ1n) is 7.99. The minimum absolute atomic E-state index is 0.0413. The third kappa shape index (κ3) is 3.99. The number of carbonyl (C=O) groups excluding carboxylic acids is 1. The summed E-state index contributed by atoms with van der Waals surface area (Å²) in [6, 6.07) is 0. The van der Waals surface area contributed by atoms with E-state index in [1.807, 2.05) is 4.98 Å². The SMILES string of the molecule is NC(=O)c1ncn([C@@H]2O[C@H](CO)[C@@H](O)[C@H]2O)n1.O=c1[nH]c(=O)c2[nH]c(=O)[nH]c2[nH]1. The molecule has 0 aromatic carbocycles. The lowest BCUT2D eigenvalue weighted by Crippen LogP contribution is -2.33. The Morgan fingerprint density at radius 1 is 1.14 bits per heavy atom. The Morgan fingerprint density at radius 3 is 2.34 bits per heavy atom. The van der Waals surface area contributed by atoms with Crippen molar-refractivity contribution in [1.29, 1.82) is 0 Å². The summed E-state index contributed by atoms with van der Waals surface area (Å²) < 4.78 is 6.25. The molecule has 0 radical (unpaired) electrons. The number of aromatic nitrogens is 7. The predicted molar refractivity (Wildman–Crippen MR) is 91.7 cm³/mol. The van der Waals surface area contributed by atoms with Crippen LogP contribution in [0, 0.1) is 0 Å². The first kappa shape index (κ1) is 20.1. The molecule has 9 N–H and O–H groups in total. The standard InChI is InChI=1S/C8H12N4O5.C5H4N4O3/c9-6(16)7-10-2-12(11-7)8-5(15)4(14)3(1-13)17-8;10-3-1-2(7-4(11)6-1)8-5(12)9-3/h2-5,8,13-15H,1H2,(H2,9,16);(H4,6,7,8,9,10,11,12)/t3-,4-,5-,8-;/m1./s1. The molecule has 4 rings (SSSR count). The molecule has 1 fully saturated rings. The topological polar surface area (TPSA) is 258 Å².